The smallest absolute Gasteiger partial charge is 0.305 e. The highest BCUT2D eigenvalue weighted by Crippen LogP contribution is 2.69. The van der Waals surface area contributed by atoms with Gasteiger partial charge in [-0.25, -0.2) is 13.6 Å². The van der Waals surface area contributed by atoms with Crippen LogP contribution in [0.3, 0.4) is 0 Å². The summed E-state index contributed by atoms with van der Waals surface area (Å²) in [6, 6.07) is 22.0. The van der Waals surface area contributed by atoms with Crippen LogP contribution in [0.4, 0.5) is 11.4 Å². The van der Waals surface area contributed by atoms with Gasteiger partial charge in [-0.05, 0) is 66.6 Å². The molecular weight excluding hydrogens is 661 g/mol. The maximum Gasteiger partial charge on any atom is 0.305 e. The molecule has 2 saturated carbocycles. The fourth-order valence-electron chi connectivity index (χ4n) is 8.13. The van der Waals surface area contributed by atoms with Gasteiger partial charge in [0.15, 0.2) is 6.61 Å². The number of benzene rings is 3. The van der Waals surface area contributed by atoms with Crippen LogP contribution >= 0.6 is 23.1 Å². The molecule has 14 heteroatoms. The van der Waals surface area contributed by atoms with Gasteiger partial charge in [0.1, 0.15) is 5.75 Å². The summed E-state index contributed by atoms with van der Waals surface area (Å²) in [5, 5.41) is 8.64. The monoisotopic (exact) mass is 688 g/mol. The molecule has 7 atom stereocenters. The van der Waals surface area contributed by atoms with Crippen molar-refractivity contribution in [1.82, 2.24) is 4.98 Å². The van der Waals surface area contributed by atoms with Crippen LogP contribution in [0.25, 0.3) is 0 Å². The lowest BCUT2D eigenvalue weighted by Crippen LogP contribution is -2.42. The van der Waals surface area contributed by atoms with Gasteiger partial charge in [-0.3, -0.25) is 24.1 Å². The Morgan fingerprint density at radius 1 is 0.936 bits per heavy atom. The topological polar surface area (TPSA) is 169 Å². The van der Waals surface area contributed by atoms with Crippen molar-refractivity contribution in [3.05, 3.63) is 99.0 Å². The Morgan fingerprint density at radius 3 is 2.34 bits per heavy atom. The normalized spacial score (nSPS) is 27.3. The highest BCUT2D eigenvalue weighted by atomic mass is 32.2. The van der Waals surface area contributed by atoms with Crippen LogP contribution < -0.4 is 25.0 Å². The van der Waals surface area contributed by atoms with Crippen LogP contribution in [-0.4, -0.2) is 43.0 Å². The molecule has 11 nitrogen and oxygen atoms in total. The van der Waals surface area contributed by atoms with E-state index < -0.39 is 27.8 Å². The van der Waals surface area contributed by atoms with Crippen molar-refractivity contribution in [3.8, 4) is 5.75 Å². The number of anilines is 2. The number of nitrogens with one attached hydrogen (secondary N) is 2. The van der Waals surface area contributed by atoms with Crippen LogP contribution in [0.2, 0.25) is 0 Å². The Labute approximate surface area is 277 Å². The van der Waals surface area contributed by atoms with Gasteiger partial charge in [0, 0.05) is 27.3 Å². The molecule has 0 spiro atoms. The molecule has 3 heterocycles. The number of para-hydroxylation sites is 2. The molecule has 4 aromatic rings. The van der Waals surface area contributed by atoms with Crippen molar-refractivity contribution in [2.75, 3.05) is 16.8 Å². The summed E-state index contributed by atoms with van der Waals surface area (Å²) in [7, 11) is -3.86. The number of thioether (sulfide) groups is 1. The molecule has 4 unspecified atom stereocenters. The average Bonchev–Trinajstić information content (AvgIpc) is 3.79. The summed E-state index contributed by atoms with van der Waals surface area (Å²) in [6.07, 6.45) is 0.753. The lowest BCUT2D eigenvalue weighted by atomic mass is 9.68. The fourth-order valence-corrected chi connectivity index (χ4v) is 11.5. The Kier molecular flexibility index (Phi) is 7.17. The molecule has 2 aliphatic heterocycles. The first-order chi connectivity index (χ1) is 22.6. The predicted octanol–water partition coefficient (Wildman–Crippen LogP) is 3.78. The quantitative estimate of drug-likeness (QED) is 0.247. The van der Waals surface area contributed by atoms with Crippen LogP contribution in [0.15, 0.2) is 93.6 Å². The van der Waals surface area contributed by atoms with E-state index in [9.17, 15) is 27.6 Å². The van der Waals surface area contributed by atoms with Gasteiger partial charge >= 0.3 is 4.87 Å². The second kappa shape index (κ2) is 11.2. The number of nitrogens with two attached hydrogens (primary N) is 1. The zero-order chi connectivity index (χ0) is 32.6. The number of aromatic amines is 1. The van der Waals surface area contributed by atoms with Gasteiger partial charge in [-0.15, -0.1) is 11.8 Å². The standard InChI is InChI=1S/C33H28N4O7S3/c34-47(42,43)18-12-10-16(11-13-18)35-23(38)15-44-22-9-5-4-8-19(22)24-25-20-14-21(28(25)45-30-29(24)46-33(41)36-30)27-26(20)31(39)37(32(27)40)17-6-2-1-3-7-17/h1-13,20-21,24-28H,14-15H2,(H,35,38)(H,36,41)(H2,34,42,43)/t20-,21-,24-,25?,26?,27?,28?/m1/s1. The van der Waals surface area contributed by atoms with Gasteiger partial charge in [0.05, 0.1) is 27.4 Å². The van der Waals surface area contributed by atoms with Crippen molar-refractivity contribution in [2.24, 2.45) is 34.7 Å². The summed E-state index contributed by atoms with van der Waals surface area (Å²) in [5.74, 6) is -1.52. The molecule has 240 valence electrons. The van der Waals surface area contributed by atoms with E-state index in [4.69, 9.17) is 9.88 Å². The number of sulfonamides is 1. The number of thiazole rings is 1. The minimum atomic E-state index is -3.86. The van der Waals surface area contributed by atoms with Crippen LogP contribution in [-0.2, 0) is 24.4 Å². The number of primary sulfonamides is 1. The number of hydrogen-bond donors (Lipinski definition) is 3. The first kappa shape index (κ1) is 30.1. The van der Waals surface area contributed by atoms with Gasteiger partial charge in [0.2, 0.25) is 21.8 Å². The van der Waals surface area contributed by atoms with Crippen molar-refractivity contribution in [2.45, 2.75) is 27.5 Å². The van der Waals surface area contributed by atoms with E-state index in [2.05, 4.69) is 10.3 Å². The molecule has 4 aliphatic rings. The van der Waals surface area contributed by atoms with E-state index in [1.807, 2.05) is 36.4 Å². The van der Waals surface area contributed by atoms with E-state index in [0.29, 0.717) is 17.1 Å². The number of carbonyl (C=O) groups excluding carboxylic acids is 3. The van der Waals surface area contributed by atoms with Crippen molar-refractivity contribution < 1.29 is 27.5 Å². The Balaban J connectivity index is 1.09. The maximum atomic E-state index is 14.0. The number of carbonyl (C=O) groups is 3. The van der Waals surface area contributed by atoms with Crippen LogP contribution in [0.5, 0.6) is 5.75 Å². The third kappa shape index (κ3) is 4.93. The number of rotatable bonds is 7. The molecule has 4 N–H and O–H groups in total. The molecule has 0 radical (unpaired) electrons. The summed E-state index contributed by atoms with van der Waals surface area (Å²) >= 11 is 2.76. The number of aromatic nitrogens is 1. The molecule has 3 aromatic carbocycles. The van der Waals surface area contributed by atoms with Gasteiger partial charge in [-0.2, -0.15) is 0 Å². The average molecular weight is 689 g/mol. The molecule has 47 heavy (non-hydrogen) atoms. The number of H-pyrrole nitrogens is 1. The van der Waals surface area contributed by atoms with E-state index in [0.717, 1.165) is 33.2 Å². The number of hydrogen-bond acceptors (Lipinski definition) is 9. The first-order valence-electron chi connectivity index (χ1n) is 15.1. The zero-order valence-electron chi connectivity index (χ0n) is 24.6. The second-order valence-electron chi connectivity index (χ2n) is 12.3. The third-order valence-electron chi connectivity index (χ3n) is 9.82. The van der Waals surface area contributed by atoms with E-state index in [1.165, 1.54) is 29.2 Å². The largest absolute Gasteiger partial charge is 0.483 e. The Bertz CT molecular complexity index is 2100. The first-order valence-corrected chi connectivity index (χ1v) is 18.3. The molecule has 2 bridgehead atoms. The van der Waals surface area contributed by atoms with Gasteiger partial charge in [0.25, 0.3) is 5.91 Å². The molecule has 8 rings (SSSR count). The highest BCUT2D eigenvalue weighted by Gasteiger charge is 2.69. The Morgan fingerprint density at radius 2 is 1.62 bits per heavy atom. The molecule has 3 amide bonds. The fraction of sp³-hybridized carbons (Fsp3) is 0.273. The number of ether oxygens (including phenoxy) is 1. The lowest BCUT2D eigenvalue weighted by molar-refractivity contribution is -0.123. The summed E-state index contributed by atoms with van der Waals surface area (Å²) in [4.78, 5) is 58.3. The summed E-state index contributed by atoms with van der Waals surface area (Å²) < 4.78 is 29.2. The van der Waals surface area contributed by atoms with Crippen molar-refractivity contribution in [1.29, 1.82) is 0 Å². The second-order valence-corrected chi connectivity index (χ2v) is 16.0. The van der Waals surface area contributed by atoms with Gasteiger partial charge < -0.3 is 15.0 Å². The van der Waals surface area contributed by atoms with E-state index >= 15 is 0 Å². The molecule has 2 aliphatic carbocycles. The van der Waals surface area contributed by atoms with Crippen molar-refractivity contribution in [3.63, 3.8) is 0 Å². The van der Waals surface area contributed by atoms with Crippen LogP contribution in [0, 0.1) is 29.6 Å². The van der Waals surface area contributed by atoms with Crippen LogP contribution in [0.1, 0.15) is 22.8 Å². The van der Waals surface area contributed by atoms with Crippen molar-refractivity contribution >= 4 is 62.2 Å². The lowest BCUT2D eigenvalue weighted by Gasteiger charge is -2.43. The number of amides is 3. The summed E-state index contributed by atoms with van der Waals surface area (Å²) in [5.41, 5.74) is 1.78. The summed E-state index contributed by atoms with van der Waals surface area (Å²) in [6.45, 7) is -0.324. The molecule has 1 saturated heterocycles. The number of fused-ring (bicyclic) bond motifs is 9. The number of nitrogens with zero attached hydrogens (tertiary/aromatic N) is 1. The predicted molar refractivity (Wildman–Crippen MR) is 176 cm³/mol. The maximum absolute atomic E-state index is 14.0. The number of imide groups is 1. The minimum absolute atomic E-state index is 0.00753. The van der Waals surface area contributed by atoms with E-state index in [-0.39, 0.29) is 57.1 Å². The van der Waals surface area contributed by atoms with E-state index in [1.54, 1.807) is 30.0 Å². The minimum Gasteiger partial charge on any atom is -0.483 e. The molecule has 1 aromatic heterocycles. The molecule has 3 fully saturated rings. The zero-order valence-corrected chi connectivity index (χ0v) is 27.0. The molecular formula is C33H28N4O7S3. The SMILES string of the molecule is NS(=O)(=O)c1ccc(NC(=O)COc2ccccc2[C@H]2c3sc(=O)[nH]c3SC3C2[C@H]2C[C@@H]3C3C(=O)N(c4ccccc4)C(=O)C32)cc1. The highest BCUT2D eigenvalue weighted by molar-refractivity contribution is 8.00. The Hall–Kier alpha value is -4.24. The third-order valence-corrected chi connectivity index (χ3v) is 13.3. The van der Waals surface area contributed by atoms with Gasteiger partial charge in [-0.1, -0.05) is 47.7 Å².